The van der Waals surface area contributed by atoms with Crippen molar-refractivity contribution in [3.8, 4) is 0 Å². The molecule has 0 bridgehead atoms. The molecule has 1 N–H and O–H groups in total. The molecule has 2 heterocycles. The van der Waals surface area contributed by atoms with E-state index in [1.807, 2.05) is 44.6 Å². The molecule has 1 aromatic carbocycles. The number of aryl methyl sites for hydroxylation is 1. The third-order valence-electron chi connectivity index (χ3n) is 3.50. The molecule has 0 radical (unpaired) electrons. The Morgan fingerprint density at radius 1 is 1.00 bits per heavy atom. The quantitative estimate of drug-likeness (QED) is 0.788. The maximum Gasteiger partial charge on any atom is 0.0770 e. The fourth-order valence-corrected chi connectivity index (χ4v) is 2.56. The van der Waals surface area contributed by atoms with E-state index in [1.165, 1.54) is 5.39 Å². The van der Waals surface area contributed by atoms with Crippen LogP contribution in [-0.4, -0.2) is 17.0 Å². The normalized spacial score (nSPS) is 12.5. The first-order chi connectivity index (χ1) is 9.79. The minimum absolute atomic E-state index is 0.0495. The maximum absolute atomic E-state index is 4.64. The van der Waals surface area contributed by atoms with Crippen LogP contribution in [0.4, 0.5) is 0 Å². The predicted molar refractivity (Wildman–Crippen MR) is 81.6 cm³/mol. The van der Waals surface area contributed by atoms with Crippen LogP contribution in [0.15, 0.2) is 54.9 Å². The number of pyridine rings is 2. The number of nitrogens with zero attached hydrogens (tertiary/aromatic N) is 2. The minimum atomic E-state index is 0.0495. The van der Waals surface area contributed by atoms with Crippen molar-refractivity contribution in [3.63, 3.8) is 0 Å². The maximum atomic E-state index is 4.64. The molecule has 0 fully saturated rings. The number of aromatic nitrogens is 2. The molecule has 0 aliphatic heterocycles. The molecule has 0 aliphatic rings. The van der Waals surface area contributed by atoms with Gasteiger partial charge >= 0.3 is 0 Å². The second-order valence-electron chi connectivity index (χ2n) is 4.88. The zero-order valence-corrected chi connectivity index (χ0v) is 11.7. The summed E-state index contributed by atoms with van der Waals surface area (Å²) in [5, 5.41) is 5.72. The lowest BCUT2D eigenvalue weighted by Gasteiger charge is -2.18. The van der Waals surface area contributed by atoms with Gasteiger partial charge in [0, 0.05) is 29.0 Å². The Kier molecular flexibility index (Phi) is 3.44. The number of nitrogens with one attached hydrogen (secondary N) is 1. The van der Waals surface area contributed by atoms with Crippen molar-refractivity contribution in [2.75, 3.05) is 7.05 Å². The average molecular weight is 263 g/mol. The zero-order chi connectivity index (χ0) is 13.9. The van der Waals surface area contributed by atoms with Gasteiger partial charge in [-0.25, -0.2) is 0 Å². The van der Waals surface area contributed by atoms with Gasteiger partial charge in [-0.05, 0) is 31.5 Å². The summed E-state index contributed by atoms with van der Waals surface area (Å²) in [4.78, 5) is 9.00. The van der Waals surface area contributed by atoms with Crippen LogP contribution in [0, 0.1) is 6.92 Å². The summed E-state index contributed by atoms with van der Waals surface area (Å²) in [6.45, 7) is 2.01. The van der Waals surface area contributed by atoms with E-state index in [0.29, 0.717) is 0 Å². The minimum Gasteiger partial charge on any atom is -0.308 e. The van der Waals surface area contributed by atoms with Gasteiger partial charge in [-0.15, -0.1) is 0 Å². The summed E-state index contributed by atoms with van der Waals surface area (Å²) < 4.78 is 0. The molecule has 3 aromatic rings. The molecule has 3 heteroatoms. The molecular weight excluding hydrogens is 246 g/mol. The Bertz CT molecular complexity index is 732. The lowest BCUT2D eigenvalue weighted by Crippen LogP contribution is -2.19. The van der Waals surface area contributed by atoms with Crippen molar-refractivity contribution >= 4 is 10.8 Å². The van der Waals surface area contributed by atoms with Gasteiger partial charge in [-0.2, -0.15) is 0 Å². The van der Waals surface area contributed by atoms with E-state index in [1.54, 1.807) is 0 Å². The molecule has 0 amide bonds. The standard InChI is InChI=1S/C17H17N3/c1-12-6-5-9-16(20-12)17(18-2)15-11-19-10-13-7-3-4-8-14(13)15/h3-11,17-18H,1-2H3. The van der Waals surface area contributed by atoms with Crippen LogP contribution in [0.25, 0.3) is 10.8 Å². The van der Waals surface area contributed by atoms with Crippen LogP contribution in [0.5, 0.6) is 0 Å². The summed E-state index contributed by atoms with van der Waals surface area (Å²) in [5.74, 6) is 0. The van der Waals surface area contributed by atoms with Gasteiger partial charge in [-0.3, -0.25) is 9.97 Å². The SMILES string of the molecule is CNC(c1cccc(C)n1)c1cncc2ccccc12. The van der Waals surface area contributed by atoms with Crippen molar-refractivity contribution in [3.05, 3.63) is 71.8 Å². The lowest BCUT2D eigenvalue weighted by atomic mass is 9.99. The highest BCUT2D eigenvalue weighted by atomic mass is 14.9. The molecule has 1 unspecified atom stereocenters. The highest BCUT2D eigenvalue weighted by Crippen LogP contribution is 2.26. The Balaban J connectivity index is 2.17. The first-order valence-electron chi connectivity index (χ1n) is 6.73. The number of hydrogen-bond acceptors (Lipinski definition) is 3. The molecule has 100 valence electrons. The lowest BCUT2D eigenvalue weighted by molar-refractivity contribution is 0.671. The van der Waals surface area contributed by atoms with Gasteiger partial charge in [0.25, 0.3) is 0 Å². The molecule has 0 saturated carbocycles. The van der Waals surface area contributed by atoms with E-state index in [4.69, 9.17) is 0 Å². The summed E-state index contributed by atoms with van der Waals surface area (Å²) in [6, 6.07) is 14.5. The predicted octanol–water partition coefficient (Wildman–Crippen LogP) is 3.25. The molecule has 0 spiro atoms. The van der Waals surface area contributed by atoms with E-state index in [9.17, 15) is 0 Å². The van der Waals surface area contributed by atoms with Gasteiger partial charge in [0.1, 0.15) is 0 Å². The highest BCUT2D eigenvalue weighted by molar-refractivity contribution is 5.85. The Morgan fingerprint density at radius 3 is 2.65 bits per heavy atom. The van der Waals surface area contributed by atoms with Crippen molar-refractivity contribution in [1.82, 2.24) is 15.3 Å². The van der Waals surface area contributed by atoms with Crippen molar-refractivity contribution < 1.29 is 0 Å². The molecule has 0 aliphatic carbocycles. The van der Waals surface area contributed by atoms with Crippen LogP contribution >= 0.6 is 0 Å². The van der Waals surface area contributed by atoms with Crippen LogP contribution in [0.1, 0.15) is 23.0 Å². The summed E-state index contributed by atoms with van der Waals surface area (Å²) in [6.07, 6.45) is 3.82. The second kappa shape index (κ2) is 5.39. The van der Waals surface area contributed by atoms with Gasteiger partial charge < -0.3 is 5.32 Å². The fourth-order valence-electron chi connectivity index (χ4n) is 2.56. The molecule has 1 atom stereocenters. The second-order valence-corrected chi connectivity index (χ2v) is 4.88. The summed E-state index contributed by atoms with van der Waals surface area (Å²) >= 11 is 0. The van der Waals surface area contributed by atoms with E-state index in [2.05, 4.69) is 39.6 Å². The number of benzene rings is 1. The first-order valence-corrected chi connectivity index (χ1v) is 6.73. The molecule has 2 aromatic heterocycles. The molecule has 3 rings (SSSR count). The van der Waals surface area contributed by atoms with Crippen LogP contribution in [0.3, 0.4) is 0 Å². The topological polar surface area (TPSA) is 37.8 Å². The van der Waals surface area contributed by atoms with Crippen molar-refractivity contribution in [2.45, 2.75) is 13.0 Å². The van der Waals surface area contributed by atoms with Crippen LogP contribution in [0.2, 0.25) is 0 Å². The van der Waals surface area contributed by atoms with Crippen LogP contribution < -0.4 is 5.32 Å². The summed E-state index contributed by atoms with van der Waals surface area (Å²) in [5.41, 5.74) is 3.20. The Hall–Kier alpha value is -2.26. The Labute approximate surface area is 118 Å². The van der Waals surface area contributed by atoms with E-state index >= 15 is 0 Å². The van der Waals surface area contributed by atoms with E-state index in [-0.39, 0.29) is 6.04 Å². The van der Waals surface area contributed by atoms with Gasteiger partial charge in [0.2, 0.25) is 0 Å². The number of rotatable bonds is 3. The number of fused-ring (bicyclic) bond motifs is 1. The van der Waals surface area contributed by atoms with Gasteiger partial charge in [0.05, 0.1) is 11.7 Å². The van der Waals surface area contributed by atoms with E-state index in [0.717, 1.165) is 22.3 Å². The van der Waals surface area contributed by atoms with Crippen molar-refractivity contribution in [1.29, 1.82) is 0 Å². The van der Waals surface area contributed by atoms with E-state index < -0.39 is 0 Å². The third kappa shape index (κ3) is 2.28. The van der Waals surface area contributed by atoms with Crippen LogP contribution in [-0.2, 0) is 0 Å². The largest absolute Gasteiger partial charge is 0.308 e. The first kappa shape index (κ1) is 12.8. The zero-order valence-electron chi connectivity index (χ0n) is 11.7. The molecule has 20 heavy (non-hydrogen) atoms. The summed E-state index contributed by atoms with van der Waals surface area (Å²) in [7, 11) is 1.95. The third-order valence-corrected chi connectivity index (χ3v) is 3.50. The molecular formula is C17H17N3. The number of hydrogen-bond donors (Lipinski definition) is 1. The smallest absolute Gasteiger partial charge is 0.0770 e. The molecule has 3 nitrogen and oxygen atoms in total. The molecule has 0 saturated heterocycles. The fraction of sp³-hybridized carbons (Fsp3) is 0.176. The highest BCUT2D eigenvalue weighted by Gasteiger charge is 2.16. The van der Waals surface area contributed by atoms with Gasteiger partial charge in [0.15, 0.2) is 0 Å². The van der Waals surface area contributed by atoms with Gasteiger partial charge in [-0.1, -0.05) is 30.3 Å². The average Bonchev–Trinajstić information content (AvgIpc) is 2.48. The Morgan fingerprint density at radius 2 is 1.85 bits per heavy atom. The van der Waals surface area contributed by atoms with Crippen molar-refractivity contribution in [2.24, 2.45) is 0 Å². The monoisotopic (exact) mass is 263 g/mol.